The Kier molecular flexibility index (Phi) is 6.82. The molecular weight excluding hydrogens is 410 g/mol. The average molecular weight is 438 g/mol. The number of para-hydroxylation sites is 2. The Morgan fingerprint density at radius 3 is 2.71 bits per heavy atom. The predicted molar refractivity (Wildman–Crippen MR) is 125 cm³/mol. The highest BCUT2D eigenvalue weighted by Gasteiger charge is 2.22. The molecule has 162 valence electrons. The van der Waals surface area contributed by atoms with Crippen molar-refractivity contribution in [3.8, 4) is 5.75 Å². The quantitative estimate of drug-likeness (QED) is 0.485. The third-order valence-electron chi connectivity index (χ3n) is 5.45. The van der Waals surface area contributed by atoms with Crippen molar-refractivity contribution in [3.63, 3.8) is 0 Å². The second-order valence-corrected chi connectivity index (χ2v) is 8.86. The summed E-state index contributed by atoms with van der Waals surface area (Å²) in [5.41, 5.74) is 1.95. The highest BCUT2D eigenvalue weighted by Crippen LogP contribution is 2.30. The van der Waals surface area contributed by atoms with Crippen LogP contribution in [0.3, 0.4) is 0 Å². The molecule has 1 fully saturated rings. The number of fused-ring (bicyclic) bond motifs is 1. The molecule has 1 heterocycles. The first-order valence-corrected chi connectivity index (χ1v) is 11.7. The minimum absolute atomic E-state index is 0.0559. The Labute approximate surface area is 186 Å². The van der Waals surface area contributed by atoms with E-state index in [1.165, 1.54) is 17.8 Å². The number of anilines is 2. The van der Waals surface area contributed by atoms with Gasteiger partial charge in [0.25, 0.3) is 5.91 Å². The highest BCUT2D eigenvalue weighted by atomic mass is 32.1. The van der Waals surface area contributed by atoms with Crippen LogP contribution in [0.5, 0.6) is 5.75 Å². The van der Waals surface area contributed by atoms with E-state index >= 15 is 0 Å². The van der Waals surface area contributed by atoms with Crippen molar-refractivity contribution >= 4 is 44.2 Å². The maximum Gasteiger partial charge on any atom is 0.255 e. The third kappa shape index (κ3) is 5.22. The summed E-state index contributed by atoms with van der Waals surface area (Å²) >= 11 is 1.39. The van der Waals surface area contributed by atoms with Gasteiger partial charge in [-0.3, -0.25) is 9.59 Å². The molecule has 0 bridgehead atoms. The van der Waals surface area contributed by atoms with Crippen molar-refractivity contribution in [2.75, 3.05) is 17.2 Å². The molecule has 1 aromatic heterocycles. The largest absolute Gasteiger partial charge is 0.491 e. The summed E-state index contributed by atoms with van der Waals surface area (Å²) in [5, 5.41) is 6.49. The summed E-state index contributed by atoms with van der Waals surface area (Å²) in [6.07, 6.45) is 6.23. The molecule has 4 rings (SSSR count). The number of carbonyl (C=O) groups is 2. The van der Waals surface area contributed by atoms with Crippen molar-refractivity contribution < 1.29 is 14.3 Å². The highest BCUT2D eigenvalue weighted by molar-refractivity contribution is 7.22. The number of nitrogens with one attached hydrogen (secondary N) is 2. The van der Waals surface area contributed by atoms with E-state index in [0.29, 0.717) is 28.7 Å². The minimum Gasteiger partial charge on any atom is -0.491 e. The number of amides is 2. The Balaban J connectivity index is 1.46. The first-order valence-electron chi connectivity index (χ1n) is 10.9. The van der Waals surface area contributed by atoms with Gasteiger partial charge in [0.1, 0.15) is 5.75 Å². The molecule has 7 heteroatoms. The van der Waals surface area contributed by atoms with E-state index < -0.39 is 0 Å². The fourth-order valence-electron chi connectivity index (χ4n) is 3.79. The van der Waals surface area contributed by atoms with Gasteiger partial charge in [-0.15, -0.1) is 0 Å². The van der Waals surface area contributed by atoms with Crippen LogP contribution in [0.4, 0.5) is 10.8 Å². The Hall–Kier alpha value is -2.93. The van der Waals surface area contributed by atoms with Gasteiger partial charge in [-0.2, -0.15) is 0 Å². The second kappa shape index (κ2) is 9.92. The van der Waals surface area contributed by atoms with E-state index in [0.717, 1.165) is 42.3 Å². The lowest BCUT2D eigenvalue weighted by atomic mass is 9.89. The number of ether oxygens (including phenoxy) is 1. The Morgan fingerprint density at radius 2 is 1.90 bits per heavy atom. The van der Waals surface area contributed by atoms with Gasteiger partial charge >= 0.3 is 0 Å². The normalized spacial score (nSPS) is 14.4. The van der Waals surface area contributed by atoms with Gasteiger partial charge in [0.2, 0.25) is 5.91 Å². The van der Waals surface area contributed by atoms with E-state index in [1.54, 1.807) is 6.07 Å². The van der Waals surface area contributed by atoms with Gasteiger partial charge in [0.15, 0.2) is 5.13 Å². The molecule has 0 aliphatic heterocycles. The zero-order valence-corrected chi connectivity index (χ0v) is 18.5. The lowest BCUT2D eigenvalue weighted by molar-refractivity contribution is -0.120. The average Bonchev–Trinajstić information content (AvgIpc) is 3.20. The van der Waals surface area contributed by atoms with Crippen LogP contribution in [0, 0.1) is 5.92 Å². The zero-order chi connectivity index (χ0) is 21.6. The van der Waals surface area contributed by atoms with Crippen LogP contribution in [0.2, 0.25) is 0 Å². The number of hydrogen-bond donors (Lipinski definition) is 2. The second-order valence-electron chi connectivity index (χ2n) is 7.82. The van der Waals surface area contributed by atoms with E-state index in [9.17, 15) is 9.59 Å². The van der Waals surface area contributed by atoms with E-state index in [-0.39, 0.29) is 17.7 Å². The minimum atomic E-state index is -0.212. The van der Waals surface area contributed by atoms with Crippen molar-refractivity contribution in [1.82, 2.24) is 4.98 Å². The predicted octanol–water partition coefficient (Wildman–Crippen LogP) is 5.86. The molecule has 2 aromatic carbocycles. The Bertz CT molecular complexity index is 1070. The standard InChI is InChI=1S/C24H27N3O3S/c1-2-14-30-20-11-7-6-10-18(20)25-23(29)17-12-13-19-21(15-17)31-24(26-19)27-22(28)16-8-4-3-5-9-16/h6-7,10-13,15-16H,2-5,8-9,14H2,1H3,(H,25,29)(H,26,27,28). The number of carbonyl (C=O) groups excluding carboxylic acids is 2. The summed E-state index contributed by atoms with van der Waals surface area (Å²) in [4.78, 5) is 29.8. The maximum atomic E-state index is 12.8. The molecule has 6 nitrogen and oxygen atoms in total. The van der Waals surface area contributed by atoms with Gasteiger partial charge < -0.3 is 15.4 Å². The van der Waals surface area contributed by atoms with Crippen molar-refractivity contribution in [3.05, 3.63) is 48.0 Å². The third-order valence-corrected chi connectivity index (χ3v) is 6.39. The molecule has 2 N–H and O–H groups in total. The lowest BCUT2D eigenvalue weighted by Crippen LogP contribution is -2.24. The number of nitrogens with zero attached hydrogens (tertiary/aromatic N) is 1. The van der Waals surface area contributed by atoms with Crippen molar-refractivity contribution in [2.45, 2.75) is 45.4 Å². The Morgan fingerprint density at radius 1 is 1.10 bits per heavy atom. The molecule has 0 unspecified atom stereocenters. The van der Waals surface area contributed by atoms with Crippen LogP contribution < -0.4 is 15.4 Å². The monoisotopic (exact) mass is 437 g/mol. The van der Waals surface area contributed by atoms with Crippen LogP contribution in [-0.2, 0) is 4.79 Å². The molecular formula is C24H27N3O3S. The van der Waals surface area contributed by atoms with Crippen LogP contribution in [0.1, 0.15) is 55.8 Å². The first-order chi connectivity index (χ1) is 15.1. The fraction of sp³-hybridized carbons (Fsp3) is 0.375. The molecule has 0 saturated heterocycles. The summed E-state index contributed by atoms with van der Waals surface area (Å²) in [6, 6.07) is 12.8. The topological polar surface area (TPSA) is 80.3 Å². The van der Waals surface area contributed by atoms with Gasteiger partial charge in [-0.1, -0.05) is 49.7 Å². The van der Waals surface area contributed by atoms with Crippen molar-refractivity contribution in [2.24, 2.45) is 5.92 Å². The molecule has 2 amide bonds. The van der Waals surface area contributed by atoms with Gasteiger partial charge in [0, 0.05) is 11.5 Å². The van der Waals surface area contributed by atoms with Gasteiger partial charge in [0.05, 0.1) is 22.5 Å². The lowest BCUT2D eigenvalue weighted by Gasteiger charge is -2.19. The van der Waals surface area contributed by atoms with E-state index in [4.69, 9.17) is 4.74 Å². The summed E-state index contributed by atoms with van der Waals surface area (Å²) < 4.78 is 6.58. The summed E-state index contributed by atoms with van der Waals surface area (Å²) in [6.45, 7) is 2.63. The van der Waals surface area contributed by atoms with Crippen LogP contribution >= 0.6 is 11.3 Å². The van der Waals surface area contributed by atoms with E-state index in [2.05, 4.69) is 15.6 Å². The smallest absolute Gasteiger partial charge is 0.255 e. The maximum absolute atomic E-state index is 12.8. The first kappa shape index (κ1) is 21.3. The molecule has 0 atom stereocenters. The molecule has 0 spiro atoms. The number of thiazole rings is 1. The fourth-order valence-corrected chi connectivity index (χ4v) is 4.70. The van der Waals surface area contributed by atoms with Crippen molar-refractivity contribution in [1.29, 1.82) is 0 Å². The summed E-state index contributed by atoms with van der Waals surface area (Å²) in [5.74, 6) is 0.581. The van der Waals surface area contributed by atoms with Gasteiger partial charge in [-0.25, -0.2) is 4.98 Å². The van der Waals surface area contributed by atoms with Crippen LogP contribution in [0.15, 0.2) is 42.5 Å². The number of aromatic nitrogens is 1. The molecule has 1 aliphatic carbocycles. The SMILES string of the molecule is CCCOc1ccccc1NC(=O)c1ccc2nc(NC(=O)C3CCCCC3)sc2c1. The molecule has 3 aromatic rings. The number of hydrogen-bond acceptors (Lipinski definition) is 5. The van der Waals surface area contributed by atoms with Gasteiger partial charge in [-0.05, 0) is 49.6 Å². The molecule has 0 radical (unpaired) electrons. The van der Waals surface area contributed by atoms with E-state index in [1.807, 2.05) is 43.3 Å². The van der Waals surface area contributed by atoms with Crippen LogP contribution in [-0.4, -0.2) is 23.4 Å². The molecule has 31 heavy (non-hydrogen) atoms. The zero-order valence-electron chi connectivity index (χ0n) is 17.6. The number of benzene rings is 2. The molecule has 1 saturated carbocycles. The summed E-state index contributed by atoms with van der Waals surface area (Å²) in [7, 11) is 0. The molecule has 1 aliphatic rings. The van der Waals surface area contributed by atoms with Crippen LogP contribution in [0.25, 0.3) is 10.2 Å². The number of rotatable bonds is 7.